The highest BCUT2D eigenvalue weighted by atomic mass is 16.6. The molecular weight excluding hydrogens is 414 g/mol. The van der Waals surface area contributed by atoms with Gasteiger partial charge in [0, 0.05) is 13.0 Å². The summed E-state index contributed by atoms with van der Waals surface area (Å²) >= 11 is 0. The second-order valence-electron chi connectivity index (χ2n) is 8.75. The fourth-order valence-corrected chi connectivity index (χ4v) is 3.53. The van der Waals surface area contributed by atoms with Crippen molar-refractivity contribution in [2.45, 2.75) is 128 Å². The summed E-state index contributed by atoms with van der Waals surface area (Å²) in [7, 11) is 0. The molecule has 8 nitrogen and oxygen atoms in total. The minimum Gasteiger partial charge on any atom is -0.506 e. The lowest BCUT2D eigenvalue weighted by molar-refractivity contribution is -0.109. The summed E-state index contributed by atoms with van der Waals surface area (Å²) in [6.45, 7) is 1.62. The first kappa shape index (κ1) is 31.1. The quantitative estimate of drug-likeness (QED) is 0.0729. The fourth-order valence-electron chi connectivity index (χ4n) is 3.53. The molecule has 192 valence electrons. The maximum absolute atomic E-state index is 10.1. The standard InChI is InChI=1S/C24H49NO7/c1-2-3-4-5-6-7-8-9-10-11-12-13-14-15-20(27)19(25)18-32-24(31)23(30)22(29)21(28)16-17-26/h19-21,24,26-31H,2-18,25H2,1H3/b23-22+/t19-,20+,21?,24?/m0/s1. The molecule has 0 aromatic rings. The smallest absolute Gasteiger partial charge is 0.217 e. The molecule has 8 N–H and O–H groups in total. The number of aliphatic hydroxyl groups excluding tert-OH is 6. The molecule has 0 aromatic heterocycles. The predicted octanol–water partition coefficient (Wildman–Crippen LogP) is 3.56. The molecular formula is C24H49NO7. The highest BCUT2D eigenvalue weighted by molar-refractivity contribution is 5.06. The van der Waals surface area contributed by atoms with Crippen molar-refractivity contribution >= 4 is 0 Å². The van der Waals surface area contributed by atoms with Gasteiger partial charge in [0.05, 0.1) is 18.8 Å². The van der Waals surface area contributed by atoms with E-state index in [1.165, 1.54) is 64.2 Å². The van der Waals surface area contributed by atoms with Crippen LogP contribution in [0.25, 0.3) is 0 Å². The van der Waals surface area contributed by atoms with Gasteiger partial charge in [-0.1, -0.05) is 90.4 Å². The number of hydrogen-bond donors (Lipinski definition) is 7. The maximum atomic E-state index is 10.1. The number of rotatable bonds is 22. The topological polar surface area (TPSA) is 157 Å². The summed E-state index contributed by atoms with van der Waals surface area (Å²) in [4.78, 5) is 0. The molecule has 0 saturated carbocycles. The lowest BCUT2D eigenvalue weighted by Gasteiger charge is -2.21. The summed E-state index contributed by atoms with van der Waals surface area (Å²) < 4.78 is 4.98. The van der Waals surface area contributed by atoms with Gasteiger partial charge in [0.25, 0.3) is 0 Å². The van der Waals surface area contributed by atoms with E-state index >= 15 is 0 Å². The zero-order valence-corrected chi connectivity index (χ0v) is 20.0. The third-order valence-electron chi connectivity index (χ3n) is 5.76. The Kier molecular flexibility index (Phi) is 20.1. The van der Waals surface area contributed by atoms with Gasteiger partial charge in [-0.25, -0.2) is 0 Å². The van der Waals surface area contributed by atoms with Gasteiger partial charge >= 0.3 is 0 Å². The molecule has 0 fully saturated rings. The maximum Gasteiger partial charge on any atom is 0.217 e. The third kappa shape index (κ3) is 15.8. The Morgan fingerprint density at radius 3 is 1.66 bits per heavy atom. The molecule has 0 aliphatic rings. The van der Waals surface area contributed by atoms with E-state index in [1.807, 2.05) is 0 Å². The molecule has 0 spiro atoms. The minimum absolute atomic E-state index is 0.194. The first-order valence-electron chi connectivity index (χ1n) is 12.5. The lowest BCUT2D eigenvalue weighted by atomic mass is 10.0. The van der Waals surface area contributed by atoms with Crippen molar-refractivity contribution in [2.75, 3.05) is 13.2 Å². The Morgan fingerprint density at radius 1 is 0.719 bits per heavy atom. The largest absolute Gasteiger partial charge is 0.506 e. The van der Waals surface area contributed by atoms with Crippen LogP contribution in [-0.2, 0) is 4.74 Å². The van der Waals surface area contributed by atoms with E-state index in [9.17, 15) is 25.5 Å². The normalized spacial score (nSPS) is 16.4. The van der Waals surface area contributed by atoms with Crippen LogP contribution in [0.5, 0.6) is 0 Å². The van der Waals surface area contributed by atoms with Crippen molar-refractivity contribution < 1.29 is 35.4 Å². The zero-order chi connectivity index (χ0) is 24.2. The van der Waals surface area contributed by atoms with E-state index in [2.05, 4.69) is 6.92 Å². The van der Waals surface area contributed by atoms with Gasteiger partial charge in [-0.3, -0.25) is 0 Å². The van der Waals surface area contributed by atoms with Crippen molar-refractivity contribution in [1.29, 1.82) is 0 Å². The van der Waals surface area contributed by atoms with Gasteiger partial charge < -0.3 is 41.1 Å². The van der Waals surface area contributed by atoms with E-state index < -0.39 is 42.7 Å². The summed E-state index contributed by atoms with van der Waals surface area (Å²) in [5.74, 6) is -1.81. The van der Waals surface area contributed by atoms with Gasteiger partial charge in [-0.15, -0.1) is 0 Å². The molecule has 4 atom stereocenters. The highest BCUT2D eigenvalue weighted by Crippen LogP contribution is 2.15. The molecule has 32 heavy (non-hydrogen) atoms. The summed E-state index contributed by atoms with van der Waals surface area (Å²) in [6, 6.07) is -0.751. The molecule has 0 saturated heterocycles. The molecule has 0 radical (unpaired) electrons. The zero-order valence-electron chi connectivity index (χ0n) is 20.0. The molecule has 2 unspecified atom stereocenters. The van der Waals surface area contributed by atoms with Crippen molar-refractivity contribution in [3.8, 4) is 0 Å². The molecule has 0 heterocycles. The average Bonchev–Trinajstić information content (AvgIpc) is 2.79. The van der Waals surface area contributed by atoms with Crippen molar-refractivity contribution in [3.63, 3.8) is 0 Å². The van der Waals surface area contributed by atoms with Crippen LogP contribution in [0.3, 0.4) is 0 Å². The van der Waals surface area contributed by atoms with E-state index in [0.29, 0.717) is 6.42 Å². The number of ether oxygens (including phenoxy) is 1. The van der Waals surface area contributed by atoms with E-state index in [0.717, 1.165) is 19.3 Å². The Balaban J connectivity index is 3.77. The monoisotopic (exact) mass is 463 g/mol. The number of aliphatic hydroxyl groups is 6. The SMILES string of the molecule is CCCCCCCCCCCCCCC[C@@H](O)[C@@H](N)COC(O)/C(O)=C(\O)C(O)CCO. The van der Waals surface area contributed by atoms with Crippen LogP contribution in [0.2, 0.25) is 0 Å². The third-order valence-corrected chi connectivity index (χ3v) is 5.76. The van der Waals surface area contributed by atoms with E-state index in [1.54, 1.807) is 0 Å². The Hall–Kier alpha value is -0.900. The van der Waals surface area contributed by atoms with Gasteiger partial charge in [0.15, 0.2) is 11.5 Å². The van der Waals surface area contributed by atoms with Crippen LogP contribution in [0.15, 0.2) is 11.5 Å². The van der Waals surface area contributed by atoms with E-state index in [-0.39, 0.29) is 13.0 Å². The predicted molar refractivity (Wildman–Crippen MR) is 126 cm³/mol. The Morgan fingerprint density at radius 2 is 1.19 bits per heavy atom. The van der Waals surface area contributed by atoms with Crippen LogP contribution in [0.4, 0.5) is 0 Å². The van der Waals surface area contributed by atoms with Crippen LogP contribution in [0, 0.1) is 0 Å². The first-order valence-corrected chi connectivity index (χ1v) is 12.5. The number of unbranched alkanes of at least 4 members (excludes halogenated alkanes) is 12. The number of nitrogens with two attached hydrogens (primary N) is 1. The minimum atomic E-state index is -1.88. The first-order chi connectivity index (χ1) is 15.3. The lowest BCUT2D eigenvalue weighted by Crippen LogP contribution is -2.40. The Bertz CT molecular complexity index is 462. The van der Waals surface area contributed by atoms with Crippen LogP contribution < -0.4 is 5.73 Å². The van der Waals surface area contributed by atoms with Gasteiger partial charge in [-0.2, -0.15) is 0 Å². The Labute approximate surface area is 194 Å². The number of hydrogen-bond acceptors (Lipinski definition) is 8. The molecule has 0 aliphatic carbocycles. The molecule has 0 bridgehead atoms. The van der Waals surface area contributed by atoms with Crippen LogP contribution >= 0.6 is 0 Å². The molecule has 8 heteroatoms. The van der Waals surface area contributed by atoms with E-state index in [4.69, 9.17) is 15.6 Å². The van der Waals surface area contributed by atoms with Crippen LogP contribution in [-0.4, -0.2) is 68.4 Å². The molecule has 0 aliphatic heterocycles. The van der Waals surface area contributed by atoms with Gasteiger partial charge in [-0.05, 0) is 6.42 Å². The summed E-state index contributed by atoms with van der Waals surface area (Å²) in [5.41, 5.74) is 5.87. The second-order valence-corrected chi connectivity index (χ2v) is 8.75. The molecule has 0 amide bonds. The second kappa shape index (κ2) is 20.7. The molecule has 0 aromatic carbocycles. The van der Waals surface area contributed by atoms with Crippen LogP contribution in [0.1, 0.15) is 103 Å². The summed E-state index contributed by atoms with van der Waals surface area (Å²) in [5, 5.41) is 57.4. The average molecular weight is 464 g/mol. The summed E-state index contributed by atoms with van der Waals surface area (Å²) in [6.07, 6.45) is 12.4. The fraction of sp³-hybridized carbons (Fsp3) is 0.917. The molecule has 0 rings (SSSR count). The van der Waals surface area contributed by atoms with Gasteiger partial charge in [0.1, 0.15) is 6.10 Å². The van der Waals surface area contributed by atoms with Crippen molar-refractivity contribution in [3.05, 3.63) is 11.5 Å². The van der Waals surface area contributed by atoms with Crippen molar-refractivity contribution in [2.24, 2.45) is 5.73 Å². The highest BCUT2D eigenvalue weighted by Gasteiger charge is 2.23. The van der Waals surface area contributed by atoms with Gasteiger partial charge in [0.2, 0.25) is 6.29 Å². The van der Waals surface area contributed by atoms with Crippen molar-refractivity contribution in [1.82, 2.24) is 0 Å².